The minimum absolute atomic E-state index is 0.129. The van der Waals surface area contributed by atoms with Crippen LogP contribution in [0.4, 0.5) is 0 Å². The van der Waals surface area contributed by atoms with Crippen LogP contribution in [0.3, 0.4) is 0 Å². The number of aliphatic hydroxyl groups is 1. The second kappa shape index (κ2) is 8.89. The SMILES string of the molecule is CCCN1CCC(C(C)NCCC(O)CC)CC1. The van der Waals surface area contributed by atoms with Gasteiger partial charge in [-0.1, -0.05) is 13.8 Å². The molecule has 0 saturated carbocycles. The van der Waals surface area contributed by atoms with Crippen molar-refractivity contribution < 1.29 is 5.11 Å². The van der Waals surface area contributed by atoms with Crippen molar-refractivity contribution in [3.63, 3.8) is 0 Å². The van der Waals surface area contributed by atoms with Gasteiger partial charge < -0.3 is 15.3 Å². The summed E-state index contributed by atoms with van der Waals surface area (Å²) in [5, 5.41) is 13.1. The minimum Gasteiger partial charge on any atom is -0.393 e. The van der Waals surface area contributed by atoms with Crippen molar-refractivity contribution >= 4 is 0 Å². The summed E-state index contributed by atoms with van der Waals surface area (Å²) in [5.41, 5.74) is 0. The lowest BCUT2D eigenvalue weighted by Crippen LogP contribution is -2.42. The quantitative estimate of drug-likeness (QED) is 0.699. The Balaban J connectivity index is 2.13. The molecule has 0 amide bonds. The molecule has 1 aliphatic heterocycles. The average molecular weight is 256 g/mol. The first-order valence-corrected chi connectivity index (χ1v) is 7.81. The van der Waals surface area contributed by atoms with E-state index >= 15 is 0 Å². The molecule has 1 saturated heterocycles. The fourth-order valence-corrected chi connectivity index (χ4v) is 2.84. The van der Waals surface area contributed by atoms with Crippen LogP contribution < -0.4 is 5.32 Å². The van der Waals surface area contributed by atoms with Crippen molar-refractivity contribution in [1.82, 2.24) is 10.2 Å². The van der Waals surface area contributed by atoms with E-state index in [1.807, 2.05) is 6.92 Å². The predicted molar refractivity (Wildman–Crippen MR) is 77.8 cm³/mol. The van der Waals surface area contributed by atoms with Crippen LogP contribution in [-0.2, 0) is 0 Å². The Morgan fingerprint density at radius 1 is 1.28 bits per heavy atom. The highest BCUT2D eigenvalue weighted by Crippen LogP contribution is 2.20. The number of hydrogen-bond donors (Lipinski definition) is 2. The summed E-state index contributed by atoms with van der Waals surface area (Å²) in [7, 11) is 0. The van der Waals surface area contributed by atoms with E-state index in [0.29, 0.717) is 6.04 Å². The van der Waals surface area contributed by atoms with Crippen LogP contribution >= 0.6 is 0 Å². The lowest BCUT2D eigenvalue weighted by Gasteiger charge is -2.35. The first-order valence-electron chi connectivity index (χ1n) is 7.81. The molecule has 108 valence electrons. The van der Waals surface area contributed by atoms with Gasteiger partial charge in [0.05, 0.1) is 6.10 Å². The van der Waals surface area contributed by atoms with Crippen molar-refractivity contribution in [3.05, 3.63) is 0 Å². The third kappa shape index (κ3) is 5.68. The number of likely N-dealkylation sites (tertiary alicyclic amines) is 1. The Morgan fingerprint density at radius 3 is 2.50 bits per heavy atom. The molecule has 3 nitrogen and oxygen atoms in total. The lowest BCUT2D eigenvalue weighted by molar-refractivity contribution is 0.146. The number of nitrogens with zero attached hydrogens (tertiary/aromatic N) is 1. The Labute approximate surface area is 113 Å². The molecule has 0 aromatic rings. The van der Waals surface area contributed by atoms with Gasteiger partial charge in [-0.2, -0.15) is 0 Å². The summed E-state index contributed by atoms with van der Waals surface area (Å²) >= 11 is 0. The van der Waals surface area contributed by atoms with E-state index in [2.05, 4.69) is 24.1 Å². The number of aliphatic hydroxyl groups excluding tert-OH is 1. The van der Waals surface area contributed by atoms with Gasteiger partial charge in [0.2, 0.25) is 0 Å². The minimum atomic E-state index is -0.129. The number of hydrogen-bond acceptors (Lipinski definition) is 3. The normalized spacial score (nSPS) is 22.0. The third-order valence-corrected chi connectivity index (χ3v) is 4.29. The molecule has 18 heavy (non-hydrogen) atoms. The number of piperidine rings is 1. The van der Waals surface area contributed by atoms with Crippen LogP contribution in [0.2, 0.25) is 0 Å². The molecule has 3 heteroatoms. The molecule has 0 aromatic heterocycles. The van der Waals surface area contributed by atoms with Crippen molar-refractivity contribution in [3.8, 4) is 0 Å². The Kier molecular flexibility index (Phi) is 7.87. The van der Waals surface area contributed by atoms with Gasteiger partial charge in [-0.3, -0.25) is 0 Å². The van der Waals surface area contributed by atoms with E-state index in [1.165, 1.54) is 38.9 Å². The monoisotopic (exact) mass is 256 g/mol. The molecule has 0 spiro atoms. The summed E-state index contributed by atoms with van der Waals surface area (Å²) in [4.78, 5) is 2.59. The van der Waals surface area contributed by atoms with Crippen LogP contribution in [-0.4, -0.2) is 48.3 Å². The van der Waals surface area contributed by atoms with E-state index in [0.717, 1.165) is 25.3 Å². The molecule has 2 N–H and O–H groups in total. The molecule has 1 rings (SSSR count). The highest BCUT2D eigenvalue weighted by atomic mass is 16.3. The van der Waals surface area contributed by atoms with Crippen molar-refractivity contribution in [2.75, 3.05) is 26.2 Å². The molecule has 1 aliphatic rings. The fourth-order valence-electron chi connectivity index (χ4n) is 2.84. The molecule has 0 radical (unpaired) electrons. The third-order valence-electron chi connectivity index (χ3n) is 4.29. The smallest absolute Gasteiger partial charge is 0.0549 e. The molecule has 1 heterocycles. The number of nitrogens with one attached hydrogen (secondary N) is 1. The molecule has 0 bridgehead atoms. The van der Waals surface area contributed by atoms with Crippen molar-refractivity contribution in [2.24, 2.45) is 5.92 Å². The van der Waals surface area contributed by atoms with Crippen LogP contribution in [0, 0.1) is 5.92 Å². The zero-order valence-electron chi connectivity index (χ0n) is 12.5. The highest BCUT2D eigenvalue weighted by molar-refractivity contribution is 4.79. The molecule has 2 atom stereocenters. The van der Waals surface area contributed by atoms with Gasteiger partial charge in [-0.05, 0) is 71.1 Å². The second-order valence-corrected chi connectivity index (χ2v) is 5.77. The first-order chi connectivity index (χ1) is 8.67. The Hall–Kier alpha value is -0.120. The summed E-state index contributed by atoms with van der Waals surface area (Å²) in [6, 6.07) is 0.595. The van der Waals surface area contributed by atoms with Crippen LogP contribution in [0.15, 0.2) is 0 Å². The average Bonchev–Trinajstić information content (AvgIpc) is 2.39. The first kappa shape index (κ1) is 15.9. The topological polar surface area (TPSA) is 35.5 Å². The summed E-state index contributed by atoms with van der Waals surface area (Å²) in [6.07, 6.45) is 5.54. The van der Waals surface area contributed by atoms with E-state index < -0.39 is 0 Å². The highest BCUT2D eigenvalue weighted by Gasteiger charge is 2.22. The van der Waals surface area contributed by atoms with Crippen LogP contribution in [0.5, 0.6) is 0 Å². The molecule has 1 fully saturated rings. The Bertz CT molecular complexity index is 203. The number of rotatable bonds is 8. The van der Waals surface area contributed by atoms with Crippen molar-refractivity contribution in [2.45, 2.75) is 65.0 Å². The van der Waals surface area contributed by atoms with Gasteiger partial charge in [0.25, 0.3) is 0 Å². The van der Waals surface area contributed by atoms with Gasteiger partial charge in [0.1, 0.15) is 0 Å². The van der Waals surface area contributed by atoms with Gasteiger partial charge in [-0.25, -0.2) is 0 Å². The molecular weight excluding hydrogens is 224 g/mol. The summed E-state index contributed by atoms with van der Waals surface area (Å²) in [5.74, 6) is 0.817. The fraction of sp³-hybridized carbons (Fsp3) is 1.00. The standard InChI is InChI=1S/C15H32N2O/c1-4-10-17-11-7-14(8-12-17)13(3)16-9-6-15(18)5-2/h13-16,18H,4-12H2,1-3H3. The zero-order valence-corrected chi connectivity index (χ0v) is 12.5. The van der Waals surface area contributed by atoms with Crippen LogP contribution in [0.25, 0.3) is 0 Å². The van der Waals surface area contributed by atoms with E-state index in [-0.39, 0.29) is 6.10 Å². The van der Waals surface area contributed by atoms with Gasteiger partial charge in [0, 0.05) is 6.04 Å². The molecular formula is C15H32N2O. The Morgan fingerprint density at radius 2 is 1.94 bits per heavy atom. The maximum Gasteiger partial charge on any atom is 0.0549 e. The lowest BCUT2D eigenvalue weighted by atomic mass is 9.90. The molecule has 0 aliphatic carbocycles. The van der Waals surface area contributed by atoms with Gasteiger partial charge >= 0.3 is 0 Å². The maximum absolute atomic E-state index is 9.53. The van der Waals surface area contributed by atoms with Gasteiger partial charge in [0.15, 0.2) is 0 Å². The summed E-state index contributed by atoms with van der Waals surface area (Å²) in [6.45, 7) is 11.3. The largest absolute Gasteiger partial charge is 0.393 e. The second-order valence-electron chi connectivity index (χ2n) is 5.77. The zero-order chi connectivity index (χ0) is 13.4. The van der Waals surface area contributed by atoms with Crippen LogP contribution in [0.1, 0.15) is 52.9 Å². The van der Waals surface area contributed by atoms with E-state index in [4.69, 9.17) is 0 Å². The maximum atomic E-state index is 9.53. The van der Waals surface area contributed by atoms with E-state index in [9.17, 15) is 5.11 Å². The van der Waals surface area contributed by atoms with E-state index in [1.54, 1.807) is 0 Å². The van der Waals surface area contributed by atoms with Crippen molar-refractivity contribution in [1.29, 1.82) is 0 Å². The molecule has 2 unspecified atom stereocenters. The summed E-state index contributed by atoms with van der Waals surface area (Å²) < 4.78 is 0. The molecule has 0 aromatic carbocycles. The van der Waals surface area contributed by atoms with Gasteiger partial charge in [-0.15, -0.1) is 0 Å². The predicted octanol–water partition coefficient (Wildman–Crippen LogP) is 2.25.